The van der Waals surface area contributed by atoms with Crippen LogP contribution in [0.2, 0.25) is 0 Å². The van der Waals surface area contributed by atoms with Gasteiger partial charge in [-0.1, -0.05) is 12.1 Å². The second-order valence-corrected chi connectivity index (χ2v) is 8.03. The van der Waals surface area contributed by atoms with E-state index in [-0.39, 0.29) is 0 Å². The van der Waals surface area contributed by atoms with Crippen molar-refractivity contribution < 1.29 is 4.74 Å². The number of likely N-dealkylation sites (tertiary alicyclic amines) is 1. The van der Waals surface area contributed by atoms with E-state index in [0.29, 0.717) is 5.92 Å². The van der Waals surface area contributed by atoms with Gasteiger partial charge in [-0.3, -0.25) is 4.99 Å². The number of benzene rings is 1. The molecule has 0 aliphatic carbocycles. The van der Waals surface area contributed by atoms with Crippen LogP contribution in [0.5, 0.6) is 5.75 Å². The average molecular weight is 388 g/mol. The van der Waals surface area contributed by atoms with Crippen LogP contribution in [0.4, 0.5) is 0 Å². The second kappa shape index (κ2) is 10.7. The van der Waals surface area contributed by atoms with Crippen LogP contribution in [-0.2, 0) is 0 Å². The number of rotatable bonds is 6. The van der Waals surface area contributed by atoms with Crippen LogP contribution < -0.4 is 10.1 Å². The van der Waals surface area contributed by atoms with Gasteiger partial charge in [0.1, 0.15) is 5.75 Å². The standard InChI is InChI=1S/C22H37N5O/c1-23-22(24-11-4-13-26-14-5-12-25(2)16-17-26)27-15-10-20(18-27)19-6-8-21(28-3)9-7-19/h6-9,20H,4-5,10-18H2,1-3H3,(H,23,24). The third-order valence-corrected chi connectivity index (χ3v) is 6.03. The fourth-order valence-corrected chi connectivity index (χ4v) is 4.26. The predicted molar refractivity (Wildman–Crippen MR) is 116 cm³/mol. The molecule has 1 aromatic carbocycles. The van der Waals surface area contributed by atoms with E-state index in [2.05, 4.69) is 56.3 Å². The Morgan fingerprint density at radius 2 is 1.96 bits per heavy atom. The number of aliphatic imine (C=N–C) groups is 1. The number of methoxy groups -OCH3 is 1. The average Bonchev–Trinajstić information content (AvgIpc) is 3.12. The third-order valence-electron chi connectivity index (χ3n) is 6.03. The Bertz CT molecular complexity index is 618. The first kappa shape index (κ1) is 20.9. The molecule has 0 radical (unpaired) electrons. The molecule has 2 fully saturated rings. The summed E-state index contributed by atoms with van der Waals surface area (Å²) in [6.45, 7) is 9.10. The molecule has 156 valence electrons. The first-order chi connectivity index (χ1) is 13.7. The lowest BCUT2D eigenvalue weighted by molar-refractivity contribution is 0.273. The number of guanidine groups is 1. The van der Waals surface area contributed by atoms with Crippen LogP contribution in [0.1, 0.15) is 30.7 Å². The van der Waals surface area contributed by atoms with E-state index in [1.54, 1.807) is 7.11 Å². The summed E-state index contributed by atoms with van der Waals surface area (Å²) in [7, 11) is 5.84. The number of nitrogens with one attached hydrogen (secondary N) is 1. The predicted octanol–water partition coefficient (Wildman–Crippen LogP) is 2.09. The summed E-state index contributed by atoms with van der Waals surface area (Å²) >= 11 is 0. The maximum Gasteiger partial charge on any atom is 0.193 e. The normalized spacial score (nSPS) is 22.3. The van der Waals surface area contributed by atoms with Gasteiger partial charge in [0.2, 0.25) is 0 Å². The minimum absolute atomic E-state index is 0.568. The van der Waals surface area contributed by atoms with Gasteiger partial charge in [-0.2, -0.15) is 0 Å². The Labute approximate surface area is 170 Å². The number of hydrogen-bond acceptors (Lipinski definition) is 4. The Kier molecular flexibility index (Phi) is 7.98. The molecule has 0 spiro atoms. The number of ether oxygens (including phenoxy) is 1. The zero-order valence-corrected chi connectivity index (χ0v) is 17.9. The minimum atomic E-state index is 0.568. The molecule has 0 saturated carbocycles. The molecular weight excluding hydrogens is 350 g/mol. The number of nitrogens with zero attached hydrogens (tertiary/aromatic N) is 4. The summed E-state index contributed by atoms with van der Waals surface area (Å²) < 4.78 is 5.27. The quantitative estimate of drug-likeness (QED) is 0.460. The summed E-state index contributed by atoms with van der Waals surface area (Å²) in [6.07, 6.45) is 3.62. The van der Waals surface area contributed by atoms with Crippen LogP contribution in [-0.4, -0.2) is 94.2 Å². The van der Waals surface area contributed by atoms with Crippen molar-refractivity contribution in [2.24, 2.45) is 4.99 Å². The van der Waals surface area contributed by atoms with E-state index in [1.807, 2.05) is 7.05 Å². The highest BCUT2D eigenvalue weighted by molar-refractivity contribution is 5.80. The Hall–Kier alpha value is -1.79. The molecule has 1 atom stereocenters. The van der Waals surface area contributed by atoms with E-state index in [4.69, 9.17) is 4.74 Å². The van der Waals surface area contributed by atoms with E-state index in [0.717, 1.165) is 31.3 Å². The SMILES string of the molecule is CN=C(NCCCN1CCCN(C)CC1)N1CCC(c2ccc(OC)cc2)C1. The molecule has 3 rings (SSSR count). The molecule has 6 nitrogen and oxygen atoms in total. The van der Waals surface area contributed by atoms with Gasteiger partial charge >= 0.3 is 0 Å². The zero-order chi connectivity index (χ0) is 19.8. The van der Waals surface area contributed by atoms with E-state index in [9.17, 15) is 0 Å². The van der Waals surface area contributed by atoms with Crippen LogP contribution in [0, 0.1) is 0 Å². The summed E-state index contributed by atoms with van der Waals surface area (Å²) in [5, 5.41) is 3.58. The maximum atomic E-state index is 5.27. The molecule has 28 heavy (non-hydrogen) atoms. The fraction of sp³-hybridized carbons (Fsp3) is 0.682. The van der Waals surface area contributed by atoms with Gasteiger partial charge in [-0.25, -0.2) is 0 Å². The van der Waals surface area contributed by atoms with E-state index in [1.165, 1.54) is 57.5 Å². The Morgan fingerprint density at radius 1 is 1.14 bits per heavy atom. The minimum Gasteiger partial charge on any atom is -0.497 e. The largest absolute Gasteiger partial charge is 0.497 e. The fourth-order valence-electron chi connectivity index (χ4n) is 4.26. The number of hydrogen-bond donors (Lipinski definition) is 1. The highest BCUT2D eigenvalue weighted by Crippen LogP contribution is 2.28. The van der Waals surface area contributed by atoms with E-state index < -0.39 is 0 Å². The lowest BCUT2D eigenvalue weighted by Crippen LogP contribution is -2.41. The molecule has 2 aliphatic rings. The molecule has 2 saturated heterocycles. The Morgan fingerprint density at radius 3 is 2.71 bits per heavy atom. The van der Waals surface area contributed by atoms with Crippen LogP contribution in [0.3, 0.4) is 0 Å². The highest BCUT2D eigenvalue weighted by atomic mass is 16.5. The summed E-state index contributed by atoms with van der Waals surface area (Å²) in [5.74, 6) is 2.54. The maximum absolute atomic E-state index is 5.27. The molecule has 1 aromatic rings. The van der Waals surface area contributed by atoms with Gasteiger partial charge in [0.15, 0.2) is 5.96 Å². The molecule has 1 N–H and O–H groups in total. The zero-order valence-electron chi connectivity index (χ0n) is 17.9. The monoisotopic (exact) mass is 387 g/mol. The van der Waals surface area contributed by atoms with Crippen molar-refractivity contribution in [3.8, 4) is 5.75 Å². The van der Waals surface area contributed by atoms with Gasteiger partial charge in [-0.15, -0.1) is 0 Å². The molecule has 0 aromatic heterocycles. The van der Waals surface area contributed by atoms with Crippen molar-refractivity contribution in [3.63, 3.8) is 0 Å². The van der Waals surface area contributed by atoms with Crippen molar-refractivity contribution in [1.82, 2.24) is 20.0 Å². The third kappa shape index (κ3) is 5.85. The molecule has 6 heteroatoms. The molecule has 1 unspecified atom stereocenters. The smallest absolute Gasteiger partial charge is 0.193 e. The van der Waals surface area contributed by atoms with Crippen molar-refractivity contribution in [3.05, 3.63) is 29.8 Å². The van der Waals surface area contributed by atoms with Crippen molar-refractivity contribution in [1.29, 1.82) is 0 Å². The van der Waals surface area contributed by atoms with Gasteiger partial charge in [0, 0.05) is 45.7 Å². The second-order valence-electron chi connectivity index (χ2n) is 8.03. The van der Waals surface area contributed by atoms with Crippen LogP contribution >= 0.6 is 0 Å². The molecular formula is C22H37N5O. The van der Waals surface area contributed by atoms with Crippen molar-refractivity contribution in [2.75, 3.05) is 73.6 Å². The lowest BCUT2D eigenvalue weighted by atomic mass is 9.98. The molecule has 2 aliphatic heterocycles. The lowest BCUT2D eigenvalue weighted by Gasteiger charge is -2.23. The van der Waals surface area contributed by atoms with Crippen molar-refractivity contribution in [2.45, 2.75) is 25.2 Å². The first-order valence-electron chi connectivity index (χ1n) is 10.7. The van der Waals surface area contributed by atoms with E-state index >= 15 is 0 Å². The van der Waals surface area contributed by atoms with Crippen LogP contribution in [0.15, 0.2) is 29.3 Å². The molecule has 0 bridgehead atoms. The first-order valence-corrected chi connectivity index (χ1v) is 10.7. The topological polar surface area (TPSA) is 43.3 Å². The summed E-state index contributed by atoms with van der Waals surface area (Å²) in [5.41, 5.74) is 1.39. The van der Waals surface area contributed by atoms with Gasteiger partial charge in [-0.05, 0) is 63.6 Å². The Balaban J connectivity index is 1.40. The molecule has 0 amide bonds. The molecule has 2 heterocycles. The van der Waals surface area contributed by atoms with Gasteiger partial charge in [0.25, 0.3) is 0 Å². The number of likely N-dealkylation sites (N-methyl/N-ethyl adjacent to an activating group) is 1. The summed E-state index contributed by atoms with van der Waals surface area (Å²) in [6, 6.07) is 8.51. The summed E-state index contributed by atoms with van der Waals surface area (Å²) in [4.78, 5) is 12.0. The van der Waals surface area contributed by atoms with Crippen molar-refractivity contribution >= 4 is 5.96 Å². The van der Waals surface area contributed by atoms with Gasteiger partial charge < -0.3 is 24.8 Å². The van der Waals surface area contributed by atoms with Gasteiger partial charge in [0.05, 0.1) is 7.11 Å². The van der Waals surface area contributed by atoms with Crippen LogP contribution in [0.25, 0.3) is 0 Å². The highest BCUT2D eigenvalue weighted by Gasteiger charge is 2.26.